The Hall–Kier alpha value is -3.56. The van der Waals surface area contributed by atoms with Crippen LogP contribution in [0.25, 0.3) is 0 Å². The summed E-state index contributed by atoms with van der Waals surface area (Å²) in [5.74, 6) is -1.93. The van der Waals surface area contributed by atoms with E-state index in [1.165, 1.54) is 24.1 Å². The van der Waals surface area contributed by atoms with Gasteiger partial charge in [-0.2, -0.15) is 0 Å². The maximum atomic E-state index is 12.8. The number of benzene rings is 2. The van der Waals surface area contributed by atoms with E-state index < -0.39 is 23.9 Å². The molecule has 0 spiro atoms. The molecular weight excluding hydrogens is 439 g/mol. The lowest BCUT2D eigenvalue weighted by Gasteiger charge is -2.26. The van der Waals surface area contributed by atoms with Gasteiger partial charge in [0, 0.05) is 25.7 Å². The van der Waals surface area contributed by atoms with E-state index in [-0.39, 0.29) is 43.1 Å². The second kappa shape index (κ2) is 9.93. The first-order chi connectivity index (χ1) is 15.5. The summed E-state index contributed by atoms with van der Waals surface area (Å²) in [6.45, 7) is 1.90. The minimum absolute atomic E-state index is 0.0721. The quantitative estimate of drug-likeness (QED) is 0.681. The van der Waals surface area contributed by atoms with Crippen LogP contribution < -0.4 is 10.1 Å². The van der Waals surface area contributed by atoms with Crippen LogP contribution in [0.2, 0.25) is 0 Å². The second-order valence-corrected chi connectivity index (χ2v) is 7.85. The van der Waals surface area contributed by atoms with Crippen molar-refractivity contribution in [1.82, 2.24) is 9.80 Å². The molecule has 3 rings (SSSR count). The van der Waals surface area contributed by atoms with E-state index in [1.54, 1.807) is 4.90 Å². The summed E-state index contributed by atoms with van der Waals surface area (Å²) in [5, 5.41) is 2.52. The Kier molecular flexibility index (Phi) is 7.25. The maximum Gasteiger partial charge on any atom is 0.573 e. The van der Waals surface area contributed by atoms with Gasteiger partial charge in [0.05, 0.1) is 18.5 Å². The average molecular weight is 463 g/mol. The third-order valence-corrected chi connectivity index (χ3v) is 5.39. The first-order valence-electron chi connectivity index (χ1n) is 10.3. The van der Waals surface area contributed by atoms with Gasteiger partial charge in [0.25, 0.3) is 0 Å². The molecule has 0 unspecified atom stereocenters. The molecule has 10 heteroatoms. The monoisotopic (exact) mass is 463 g/mol. The number of likely N-dealkylation sites (N-methyl/N-ethyl adjacent to an activating group) is 1. The van der Waals surface area contributed by atoms with Crippen LogP contribution in [0.4, 0.5) is 18.9 Å². The number of alkyl halides is 3. The summed E-state index contributed by atoms with van der Waals surface area (Å²) in [6.07, 6.45) is -4.73. The van der Waals surface area contributed by atoms with Gasteiger partial charge >= 0.3 is 6.36 Å². The number of rotatable bonds is 7. The van der Waals surface area contributed by atoms with Crippen molar-refractivity contribution in [1.29, 1.82) is 0 Å². The number of carbonyl (C=O) groups is 3. The minimum Gasteiger partial charge on any atom is -0.406 e. The number of anilines is 1. The Morgan fingerprint density at radius 3 is 2.39 bits per heavy atom. The van der Waals surface area contributed by atoms with Crippen molar-refractivity contribution in [2.24, 2.45) is 5.92 Å². The molecule has 1 aliphatic rings. The summed E-state index contributed by atoms with van der Waals surface area (Å²) in [4.78, 5) is 40.5. The number of amides is 3. The number of halogens is 3. The minimum atomic E-state index is -4.80. The molecule has 0 radical (unpaired) electrons. The van der Waals surface area contributed by atoms with Crippen LogP contribution >= 0.6 is 0 Å². The van der Waals surface area contributed by atoms with E-state index in [2.05, 4.69) is 10.1 Å². The number of hydrogen-bond acceptors (Lipinski definition) is 4. The Balaban J connectivity index is 1.52. The Bertz CT molecular complexity index is 996. The highest BCUT2D eigenvalue weighted by Gasteiger charge is 2.38. The Morgan fingerprint density at radius 1 is 1.15 bits per heavy atom. The molecule has 1 N–H and O–H groups in total. The first kappa shape index (κ1) is 24.1. The van der Waals surface area contributed by atoms with Crippen LogP contribution in [-0.4, -0.2) is 54.0 Å². The van der Waals surface area contributed by atoms with Gasteiger partial charge in [-0.25, -0.2) is 0 Å². The third-order valence-electron chi connectivity index (χ3n) is 5.39. The molecule has 7 nitrogen and oxygen atoms in total. The van der Waals surface area contributed by atoms with Crippen molar-refractivity contribution < 1.29 is 32.3 Å². The summed E-state index contributed by atoms with van der Waals surface area (Å²) >= 11 is 0. The number of likely N-dealkylation sites (tertiary alicyclic amines) is 1. The summed E-state index contributed by atoms with van der Waals surface area (Å²) in [6, 6.07) is 14.0. The van der Waals surface area contributed by atoms with Crippen molar-refractivity contribution in [2.75, 3.05) is 25.5 Å². The number of carbonyl (C=O) groups excluding carboxylic acids is 3. The highest BCUT2D eigenvalue weighted by molar-refractivity contribution is 5.96. The van der Waals surface area contributed by atoms with Crippen LogP contribution in [0.1, 0.15) is 24.9 Å². The van der Waals surface area contributed by atoms with Gasteiger partial charge in [-0.15, -0.1) is 13.2 Å². The van der Waals surface area contributed by atoms with Gasteiger partial charge in [-0.1, -0.05) is 30.3 Å². The fourth-order valence-corrected chi connectivity index (χ4v) is 3.73. The van der Waals surface area contributed by atoms with Crippen molar-refractivity contribution in [3.63, 3.8) is 0 Å². The Morgan fingerprint density at radius 2 is 1.79 bits per heavy atom. The third kappa shape index (κ3) is 6.47. The van der Waals surface area contributed by atoms with E-state index in [0.717, 1.165) is 17.7 Å². The van der Waals surface area contributed by atoms with Gasteiger partial charge in [0.15, 0.2) is 0 Å². The van der Waals surface area contributed by atoms with Crippen LogP contribution in [0.3, 0.4) is 0 Å². The largest absolute Gasteiger partial charge is 0.573 e. The predicted molar refractivity (Wildman–Crippen MR) is 114 cm³/mol. The molecule has 0 aliphatic carbocycles. The van der Waals surface area contributed by atoms with Gasteiger partial charge in [-0.3, -0.25) is 14.4 Å². The summed E-state index contributed by atoms with van der Waals surface area (Å²) in [5.41, 5.74) is 1.23. The van der Waals surface area contributed by atoms with Crippen molar-refractivity contribution in [2.45, 2.75) is 25.7 Å². The molecule has 0 saturated carbocycles. The van der Waals surface area contributed by atoms with E-state index in [0.29, 0.717) is 0 Å². The van der Waals surface area contributed by atoms with Gasteiger partial charge in [0.1, 0.15) is 5.75 Å². The zero-order valence-corrected chi connectivity index (χ0v) is 18.1. The second-order valence-electron chi connectivity index (χ2n) is 7.85. The fourth-order valence-electron chi connectivity index (χ4n) is 3.73. The summed E-state index contributed by atoms with van der Waals surface area (Å²) < 4.78 is 40.5. The Labute approximate surface area is 189 Å². The van der Waals surface area contributed by atoms with Crippen molar-refractivity contribution >= 4 is 23.4 Å². The van der Waals surface area contributed by atoms with Crippen LogP contribution in [0.5, 0.6) is 5.75 Å². The van der Waals surface area contributed by atoms with Gasteiger partial charge < -0.3 is 19.9 Å². The van der Waals surface area contributed by atoms with Gasteiger partial charge in [0.2, 0.25) is 17.7 Å². The van der Waals surface area contributed by atoms with E-state index in [9.17, 15) is 27.6 Å². The number of nitrogens with one attached hydrogen (secondary N) is 1. The van der Waals surface area contributed by atoms with Crippen LogP contribution in [-0.2, 0) is 14.4 Å². The molecule has 2 aromatic rings. The van der Waals surface area contributed by atoms with E-state index in [1.807, 2.05) is 37.3 Å². The SMILES string of the molecule is C[C@@H](c1ccccc1)N1C[C@@H](C(=O)N(C)CC(=O)Nc2ccc(OC(F)(F)F)cc2)CC1=O. The topological polar surface area (TPSA) is 79.0 Å². The van der Waals surface area contributed by atoms with Crippen LogP contribution in [0.15, 0.2) is 54.6 Å². The normalized spacial score (nSPS) is 16.9. The molecule has 176 valence electrons. The molecule has 0 bridgehead atoms. The first-order valence-corrected chi connectivity index (χ1v) is 10.3. The van der Waals surface area contributed by atoms with Crippen molar-refractivity contribution in [3.05, 3.63) is 60.2 Å². The summed E-state index contributed by atoms with van der Waals surface area (Å²) in [7, 11) is 1.47. The lowest BCUT2D eigenvalue weighted by atomic mass is 10.1. The molecule has 1 fully saturated rings. The number of ether oxygens (including phenoxy) is 1. The zero-order chi connectivity index (χ0) is 24.2. The van der Waals surface area contributed by atoms with E-state index >= 15 is 0 Å². The van der Waals surface area contributed by atoms with Gasteiger partial charge in [-0.05, 0) is 36.8 Å². The molecule has 33 heavy (non-hydrogen) atoms. The lowest BCUT2D eigenvalue weighted by molar-refractivity contribution is -0.274. The zero-order valence-electron chi connectivity index (χ0n) is 18.1. The molecule has 0 aromatic heterocycles. The molecular formula is C23H24F3N3O4. The molecule has 1 saturated heterocycles. The lowest BCUT2D eigenvalue weighted by Crippen LogP contribution is -2.39. The fraction of sp³-hybridized carbons (Fsp3) is 0.348. The molecule has 2 atom stereocenters. The molecule has 1 heterocycles. The smallest absolute Gasteiger partial charge is 0.406 e. The average Bonchev–Trinajstić information content (AvgIpc) is 3.15. The highest BCUT2D eigenvalue weighted by atomic mass is 19.4. The highest BCUT2D eigenvalue weighted by Crippen LogP contribution is 2.29. The van der Waals surface area contributed by atoms with E-state index in [4.69, 9.17) is 0 Å². The predicted octanol–water partition coefficient (Wildman–Crippen LogP) is 3.59. The molecule has 3 amide bonds. The molecule has 2 aromatic carbocycles. The van der Waals surface area contributed by atoms with Crippen LogP contribution in [0, 0.1) is 5.92 Å². The number of hydrogen-bond donors (Lipinski definition) is 1. The maximum absolute atomic E-state index is 12.8. The van der Waals surface area contributed by atoms with Crippen molar-refractivity contribution in [3.8, 4) is 5.75 Å². The molecule has 1 aliphatic heterocycles. The standard InChI is InChI=1S/C23H24F3N3O4/c1-15(16-6-4-3-5-7-16)29-13-17(12-21(29)31)22(32)28(2)14-20(30)27-18-8-10-19(11-9-18)33-23(24,25)26/h3-11,15,17H,12-14H2,1-2H3,(H,27,30)/t15-,17-/m0/s1. The number of nitrogens with zero attached hydrogens (tertiary/aromatic N) is 2.